The molecule has 0 aliphatic carbocycles. The minimum atomic E-state index is 0.552. The van der Waals surface area contributed by atoms with Crippen LogP contribution >= 0.6 is 0 Å². The average molecular weight is 403 g/mol. The monoisotopic (exact) mass is 402 g/mol. The molecular weight excluding hydrogens is 368 g/mol. The number of para-hydroxylation sites is 1. The van der Waals surface area contributed by atoms with Gasteiger partial charge in [0.1, 0.15) is 12.4 Å². The van der Waals surface area contributed by atoms with E-state index in [1.54, 1.807) is 0 Å². The Bertz CT molecular complexity index is 978. The summed E-state index contributed by atoms with van der Waals surface area (Å²) in [6, 6.07) is 17.0. The summed E-state index contributed by atoms with van der Waals surface area (Å²) in [5.41, 5.74) is 6.41. The summed E-state index contributed by atoms with van der Waals surface area (Å²) in [7, 11) is 0. The second-order valence-corrected chi connectivity index (χ2v) is 8.48. The number of hydrogen-bond acceptors (Lipinski definition) is 2. The predicted molar refractivity (Wildman–Crippen MR) is 127 cm³/mol. The Kier molecular flexibility index (Phi) is 6.91. The van der Waals surface area contributed by atoms with E-state index in [1.165, 1.54) is 72.1 Å². The molecule has 2 heterocycles. The standard InChI is InChI=1S/C27H34N2O/c1-3-4-10-22(19-29-17-8-5-9-18-29)27-24-11-6-7-12-25(24)28-26(27)20-30-23-15-13-21(2)14-16-23/h6-7,10-16,28H,3-5,8-9,17-20H2,1-2H3/b22-10+. The molecule has 1 aliphatic heterocycles. The Morgan fingerprint density at radius 3 is 2.57 bits per heavy atom. The zero-order chi connectivity index (χ0) is 20.8. The molecule has 1 aromatic heterocycles. The third kappa shape index (κ3) is 4.96. The van der Waals surface area contributed by atoms with Crippen molar-refractivity contribution in [1.29, 1.82) is 0 Å². The molecule has 3 aromatic rings. The molecule has 1 aliphatic rings. The van der Waals surface area contributed by atoms with Gasteiger partial charge in [0, 0.05) is 23.0 Å². The number of aromatic amines is 1. The van der Waals surface area contributed by atoms with Gasteiger partial charge in [0.25, 0.3) is 0 Å². The van der Waals surface area contributed by atoms with Gasteiger partial charge in [0.15, 0.2) is 0 Å². The van der Waals surface area contributed by atoms with Crippen molar-refractivity contribution in [2.45, 2.75) is 52.6 Å². The van der Waals surface area contributed by atoms with Crippen LogP contribution in [0.1, 0.15) is 55.8 Å². The predicted octanol–water partition coefficient (Wildman–Crippen LogP) is 6.72. The van der Waals surface area contributed by atoms with Crippen molar-refractivity contribution in [2.75, 3.05) is 19.6 Å². The van der Waals surface area contributed by atoms with E-state index in [-0.39, 0.29) is 0 Å². The lowest BCUT2D eigenvalue weighted by Crippen LogP contribution is -2.31. The fourth-order valence-electron chi connectivity index (χ4n) is 4.39. The Labute approximate surface area is 180 Å². The highest BCUT2D eigenvalue weighted by Gasteiger charge is 2.19. The van der Waals surface area contributed by atoms with Crippen LogP contribution in [0.15, 0.2) is 54.6 Å². The van der Waals surface area contributed by atoms with Gasteiger partial charge in [-0.3, -0.25) is 4.90 Å². The van der Waals surface area contributed by atoms with Crippen molar-refractivity contribution in [3.8, 4) is 5.75 Å². The number of H-pyrrole nitrogens is 1. The molecule has 4 rings (SSSR count). The number of benzene rings is 2. The molecule has 1 saturated heterocycles. The van der Waals surface area contributed by atoms with Crippen LogP contribution in [0.4, 0.5) is 0 Å². The highest BCUT2D eigenvalue weighted by molar-refractivity contribution is 5.94. The number of unbranched alkanes of at least 4 members (excludes halogenated alkanes) is 1. The van der Waals surface area contributed by atoms with Gasteiger partial charge in [-0.25, -0.2) is 0 Å². The van der Waals surface area contributed by atoms with E-state index in [9.17, 15) is 0 Å². The van der Waals surface area contributed by atoms with E-state index in [1.807, 2.05) is 0 Å². The van der Waals surface area contributed by atoms with Gasteiger partial charge in [-0.1, -0.05) is 61.7 Å². The summed E-state index contributed by atoms with van der Waals surface area (Å²) in [6.07, 6.45) is 8.74. The number of hydrogen-bond donors (Lipinski definition) is 1. The van der Waals surface area contributed by atoms with Crippen LogP contribution in [-0.4, -0.2) is 29.5 Å². The SMILES string of the molecule is CCC/C=C(\CN1CCCCC1)c1c(COc2ccc(C)cc2)[nH]c2ccccc12. The Morgan fingerprint density at radius 2 is 1.80 bits per heavy atom. The van der Waals surface area contributed by atoms with Crippen molar-refractivity contribution < 1.29 is 4.74 Å². The van der Waals surface area contributed by atoms with Gasteiger partial charge in [-0.2, -0.15) is 0 Å². The number of nitrogens with zero attached hydrogens (tertiary/aromatic N) is 1. The van der Waals surface area contributed by atoms with Crippen LogP contribution in [0.25, 0.3) is 16.5 Å². The van der Waals surface area contributed by atoms with E-state index < -0.39 is 0 Å². The zero-order valence-electron chi connectivity index (χ0n) is 18.4. The Morgan fingerprint density at radius 1 is 1.03 bits per heavy atom. The second kappa shape index (κ2) is 9.99. The highest BCUT2D eigenvalue weighted by atomic mass is 16.5. The molecule has 0 spiro atoms. The van der Waals surface area contributed by atoms with Crippen molar-refractivity contribution >= 4 is 16.5 Å². The average Bonchev–Trinajstić information content (AvgIpc) is 3.15. The lowest BCUT2D eigenvalue weighted by molar-refractivity contribution is 0.254. The smallest absolute Gasteiger partial charge is 0.129 e. The van der Waals surface area contributed by atoms with Gasteiger partial charge >= 0.3 is 0 Å². The summed E-state index contributed by atoms with van der Waals surface area (Å²) >= 11 is 0. The first-order valence-electron chi connectivity index (χ1n) is 11.5. The van der Waals surface area contributed by atoms with Crippen molar-refractivity contribution in [2.24, 2.45) is 0 Å². The minimum absolute atomic E-state index is 0.552. The molecule has 0 bridgehead atoms. The number of allylic oxidation sites excluding steroid dienone is 1. The molecule has 158 valence electrons. The molecule has 1 N–H and O–H groups in total. The number of nitrogens with one attached hydrogen (secondary N) is 1. The molecular formula is C27H34N2O. The maximum absolute atomic E-state index is 6.19. The molecule has 3 nitrogen and oxygen atoms in total. The normalized spacial score (nSPS) is 15.6. The van der Waals surface area contributed by atoms with Crippen LogP contribution in [0.5, 0.6) is 5.75 Å². The number of aromatic nitrogens is 1. The zero-order valence-corrected chi connectivity index (χ0v) is 18.4. The summed E-state index contributed by atoms with van der Waals surface area (Å²) < 4.78 is 6.19. The van der Waals surface area contributed by atoms with Crippen molar-refractivity contribution in [3.05, 3.63) is 71.4 Å². The molecule has 3 heteroatoms. The molecule has 0 atom stereocenters. The third-order valence-corrected chi connectivity index (χ3v) is 6.03. The minimum Gasteiger partial charge on any atom is -0.487 e. The molecule has 2 aromatic carbocycles. The molecule has 0 unspecified atom stereocenters. The number of aryl methyl sites for hydroxylation is 1. The van der Waals surface area contributed by atoms with Crippen LogP contribution in [0.2, 0.25) is 0 Å². The third-order valence-electron chi connectivity index (χ3n) is 6.03. The maximum Gasteiger partial charge on any atom is 0.129 e. The van der Waals surface area contributed by atoms with E-state index in [0.717, 1.165) is 18.7 Å². The van der Waals surface area contributed by atoms with Crippen LogP contribution in [0.3, 0.4) is 0 Å². The fraction of sp³-hybridized carbons (Fsp3) is 0.407. The fourth-order valence-corrected chi connectivity index (χ4v) is 4.39. The van der Waals surface area contributed by atoms with E-state index in [2.05, 4.69) is 78.3 Å². The molecule has 30 heavy (non-hydrogen) atoms. The van der Waals surface area contributed by atoms with Gasteiger partial charge in [-0.05, 0) is 63.0 Å². The lowest BCUT2D eigenvalue weighted by Gasteiger charge is -2.28. The molecule has 0 saturated carbocycles. The number of likely N-dealkylation sites (tertiary alicyclic amines) is 1. The quantitative estimate of drug-likeness (QED) is 0.453. The van der Waals surface area contributed by atoms with Crippen LogP contribution in [-0.2, 0) is 6.61 Å². The lowest BCUT2D eigenvalue weighted by atomic mass is 9.98. The number of fused-ring (bicyclic) bond motifs is 1. The first kappa shape index (κ1) is 20.7. The molecule has 0 amide bonds. The van der Waals surface area contributed by atoms with Crippen molar-refractivity contribution in [3.63, 3.8) is 0 Å². The molecule has 1 fully saturated rings. The summed E-state index contributed by atoms with van der Waals surface area (Å²) in [6.45, 7) is 8.36. The van der Waals surface area contributed by atoms with Crippen LogP contribution < -0.4 is 4.74 Å². The topological polar surface area (TPSA) is 28.3 Å². The van der Waals surface area contributed by atoms with E-state index >= 15 is 0 Å². The summed E-state index contributed by atoms with van der Waals surface area (Å²) in [5.74, 6) is 0.917. The van der Waals surface area contributed by atoms with Gasteiger partial charge in [-0.15, -0.1) is 0 Å². The number of rotatable bonds is 8. The van der Waals surface area contributed by atoms with E-state index in [4.69, 9.17) is 4.74 Å². The Hall–Kier alpha value is -2.52. The van der Waals surface area contributed by atoms with Gasteiger partial charge < -0.3 is 9.72 Å². The van der Waals surface area contributed by atoms with Gasteiger partial charge in [0.2, 0.25) is 0 Å². The molecule has 0 radical (unpaired) electrons. The number of ether oxygens (including phenoxy) is 1. The van der Waals surface area contributed by atoms with E-state index in [0.29, 0.717) is 6.61 Å². The second-order valence-electron chi connectivity index (χ2n) is 8.48. The highest BCUT2D eigenvalue weighted by Crippen LogP contribution is 2.31. The first-order valence-corrected chi connectivity index (χ1v) is 11.5. The van der Waals surface area contributed by atoms with Crippen LogP contribution in [0, 0.1) is 6.92 Å². The maximum atomic E-state index is 6.19. The largest absolute Gasteiger partial charge is 0.487 e. The number of piperidine rings is 1. The first-order chi connectivity index (χ1) is 14.7. The Balaban J connectivity index is 1.66. The van der Waals surface area contributed by atoms with Crippen molar-refractivity contribution in [1.82, 2.24) is 9.88 Å². The summed E-state index contributed by atoms with van der Waals surface area (Å²) in [4.78, 5) is 6.28. The summed E-state index contributed by atoms with van der Waals surface area (Å²) in [5, 5.41) is 1.30. The van der Waals surface area contributed by atoms with Gasteiger partial charge in [0.05, 0.1) is 5.69 Å².